The molecule has 0 amide bonds. The number of aliphatic hydroxyl groups excluding tert-OH is 1. The van der Waals surface area contributed by atoms with Gasteiger partial charge in [-0.3, -0.25) is 4.79 Å². The largest absolute Gasteiger partial charge is 0.502 e. The van der Waals surface area contributed by atoms with Crippen LogP contribution < -0.4 is 18.9 Å². The second-order valence-electron chi connectivity index (χ2n) is 12.7. The molecule has 8 rings (SSSR count). The number of phenols is 1. The number of ether oxygens (including phenoxy) is 10. The van der Waals surface area contributed by atoms with Gasteiger partial charge >= 0.3 is 11.9 Å². The predicted octanol–water partition coefficient (Wildman–Crippen LogP) is 3.20. The van der Waals surface area contributed by atoms with Gasteiger partial charge in [0.1, 0.15) is 18.3 Å². The van der Waals surface area contributed by atoms with Crippen LogP contribution in [0.4, 0.5) is 0 Å². The fraction of sp³-hybridized carbons (Fsp3) is 0.444. The van der Waals surface area contributed by atoms with Crippen LogP contribution >= 0.6 is 0 Å². The summed E-state index contributed by atoms with van der Waals surface area (Å²) in [6.45, 7) is 1.81. The van der Waals surface area contributed by atoms with Crippen molar-refractivity contribution in [2.45, 2.75) is 55.9 Å². The van der Waals surface area contributed by atoms with E-state index in [1.165, 1.54) is 14.2 Å². The fourth-order valence-electron chi connectivity index (χ4n) is 7.61. The van der Waals surface area contributed by atoms with E-state index in [0.717, 1.165) is 0 Å². The zero-order valence-electron chi connectivity index (χ0n) is 27.4. The first-order chi connectivity index (χ1) is 24.2. The molecular weight excluding hydrogens is 656 g/mol. The van der Waals surface area contributed by atoms with Crippen LogP contribution in [0.25, 0.3) is 0 Å². The summed E-state index contributed by atoms with van der Waals surface area (Å²) in [6, 6.07) is 15.3. The van der Waals surface area contributed by atoms with E-state index in [4.69, 9.17) is 47.4 Å². The van der Waals surface area contributed by atoms with Crippen molar-refractivity contribution in [1.29, 1.82) is 0 Å². The zero-order valence-corrected chi connectivity index (χ0v) is 27.4. The van der Waals surface area contributed by atoms with Crippen LogP contribution in [0, 0.1) is 11.8 Å². The lowest BCUT2D eigenvalue weighted by Gasteiger charge is -2.48. The summed E-state index contributed by atoms with van der Waals surface area (Å²) in [5.41, 5.74) is 2.20. The second-order valence-corrected chi connectivity index (χ2v) is 12.7. The van der Waals surface area contributed by atoms with Crippen LogP contribution in [0.2, 0.25) is 0 Å². The van der Waals surface area contributed by atoms with Gasteiger partial charge in [0, 0.05) is 11.8 Å². The van der Waals surface area contributed by atoms with Gasteiger partial charge in [-0.05, 0) is 60.0 Å². The maximum absolute atomic E-state index is 13.7. The minimum atomic E-state index is -1.35. The fourth-order valence-corrected chi connectivity index (χ4v) is 7.61. The highest BCUT2D eigenvalue weighted by molar-refractivity contribution is 5.89. The Kier molecular flexibility index (Phi) is 8.43. The molecule has 0 bridgehead atoms. The number of rotatable bonds is 7. The molecule has 0 spiro atoms. The highest BCUT2D eigenvalue weighted by Gasteiger charge is 2.57. The summed E-state index contributed by atoms with van der Waals surface area (Å²) in [7, 11) is 2.85. The number of hydrogen-bond acceptors (Lipinski definition) is 14. The van der Waals surface area contributed by atoms with Gasteiger partial charge in [-0.1, -0.05) is 18.2 Å². The van der Waals surface area contributed by atoms with Crippen molar-refractivity contribution < 1.29 is 67.2 Å². The molecule has 1 aliphatic carbocycles. The van der Waals surface area contributed by atoms with Gasteiger partial charge in [-0.25, -0.2) is 4.79 Å². The molecule has 3 aromatic rings. The van der Waals surface area contributed by atoms with E-state index in [1.54, 1.807) is 61.5 Å². The smallest absolute Gasteiger partial charge is 0.338 e. The van der Waals surface area contributed by atoms with Gasteiger partial charge < -0.3 is 57.6 Å². The van der Waals surface area contributed by atoms with E-state index in [9.17, 15) is 19.8 Å². The molecule has 0 aromatic heterocycles. The van der Waals surface area contributed by atoms with E-state index >= 15 is 0 Å². The summed E-state index contributed by atoms with van der Waals surface area (Å²) in [5.74, 6) is -2.02. The number of fused-ring (bicyclic) bond motifs is 4. The topological polar surface area (TPSA) is 167 Å². The van der Waals surface area contributed by atoms with Crippen LogP contribution in [0.1, 0.15) is 46.0 Å². The molecule has 0 unspecified atom stereocenters. The first kappa shape index (κ1) is 32.6. The lowest BCUT2D eigenvalue weighted by atomic mass is 9.66. The van der Waals surface area contributed by atoms with Gasteiger partial charge in [0.15, 0.2) is 41.7 Å². The van der Waals surface area contributed by atoms with Crippen LogP contribution in [-0.2, 0) is 33.2 Å². The van der Waals surface area contributed by atoms with Crippen LogP contribution in [0.3, 0.4) is 0 Å². The number of hydrogen-bond donors (Lipinski definition) is 2. The van der Waals surface area contributed by atoms with E-state index < -0.39 is 72.8 Å². The quantitative estimate of drug-likeness (QED) is 0.347. The highest BCUT2D eigenvalue weighted by Crippen LogP contribution is 2.57. The average Bonchev–Trinajstić information content (AvgIpc) is 3.76. The molecule has 0 radical (unpaired) electrons. The molecule has 264 valence electrons. The Labute approximate surface area is 286 Å². The summed E-state index contributed by atoms with van der Waals surface area (Å²) >= 11 is 0. The Morgan fingerprint density at radius 3 is 2.30 bits per heavy atom. The van der Waals surface area contributed by atoms with Crippen LogP contribution in [0.5, 0.6) is 28.7 Å². The molecule has 0 saturated carbocycles. The van der Waals surface area contributed by atoms with Crippen molar-refractivity contribution >= 4 is 11.9 Å². The number of aliphatic hydroxyl groups is 1. The molecule has 50 heavy (non-hydrogen) atoms. The molecule has 2 N–H and O–H groups in total. The summed E-state index contributed by atoms with van der Waals surface area (Å²) < 4.78 is 58.8. The molecule has 4 heterocycles. The van der Waals surface area contributed by atoms with Crippen LogP contribution in [-0.4, -0.2) is 93.4 Å². The minimum Gasteiger partial charge on any atom is -0.502 e. The number of phenolic OH excluding ortho intramolecular Hbond substituents is 1. The molecule has 3 fully saturated rings. The third-order valence-electron chi connectivity index (χ3n) is 9.97. The second kappa shape index (κ2) is 12.9. The Bertz CT molecular complexity index is 1750. The average molecular weight is 693 g/mol. The number of carbonyl (C=O) groups excluding carboxylic acids is 2. The number of carbonyl (C=O) groups is 2. The van der Waals surface area contributed by atoms with Crippen molar-refractivity contribution in [3.8, 4) is 28.7 Å². The molecule has 5 aliphatic rings. The zero-order chi connectivity index (χ0) is 34.7. The lowest BCUT2D eigenvalue weighted by molar-refractivity contribution is -0.363. The predicted molar refractivity (Wildman–Crippen MR) is 168 cm³/mol. The van der Waals surface area contributed by atoms with E-state index in [2.05, 4.69) is 0 Å². The van der Waals surface area contributed by atoms with E-state index in [0.29, 0.717) is 28.2 Å². The number of esters is 2. The first-order valence-electron chi connectivity index (χ1n) is 16.3. The van der Waals surface area contributed by atoms with Crippen molar-refractivity contribution in [2.75, 3.05) is 34.2 Å². The standard InChI is InChI=1S/C36H36O14/c1-16-43-14-26-32(47-16)30(38)33(49-34(39)17-7-5-4-6-8-17)36(48-26)50-31-20-12-23-22(45-15-46-23)11-19(20)27(28-21(31)13-44-35(28)40)18-9-24(41-2)29(37)25(10-18)42-3/h4-12,16,21,26-28,30-33,36-38H,13-15H2,1-3H3/t16-,21+,26-,27-,28+,30+,31-,32-,33-,36+/m1/s1. The maximum atomic E-state index is 13.7. The van der Waals surface area contributed by atoms with Crippen molar-refractivity contribution in [3.63, 3.8) is 0 Å². The summed E-state index contributed by atoms with van der Waals surface area (Å²) in [4.78, 5) is 27.0. The third-order valence-corrected chi connectivity index (χ3v) is 9.97. The Morgan fingerprint density at radius 1 is 0.900 bits per heavy atom. The first-order valence-corrected chi connectivity index (χ1v) is 16.3. The Hall–Kier alpha value is -4.60. The van der Waals surface area contributed by atoms with E-state index in [1.807, 2.05) is 0 Å². The Morgan fingerprint density at radius 2 is 1.60 bits per heavy atom. The molecule has 14 nitrogen and oxygen atoms in total. The summed E-state index contributed by atoms with van der Waals surface area (Å²) in [6.07, 6.45) is -7.10. The van der Waals surface area contributed by atoms with Crippen molar-refractivity contribution in [2.24, 2.45) is 11.8 Å². The molecule has 3 aromatic carbocycles. The molecule has 14 heteroatoms. The van der Waals surface area contributed by atoms with E-state index in [-0.39, 0.29) is 42.8 Å². The van der Waals surface area contributed by atoms with Crippen LogP contribution in [0.15, 0.2) is 54.6 Å². The van der Waals surface area contributed by atoms with Gasteiger partial charge in [0.05, 0.1) is 45.0 Å². The monoisotopic (exact) mass is 692 g/mol. The molecule has 4 aliphatic heterocycles. The Balaban J connectivity index is 1.22. The van der Waals surface area contributed by atoms with Crippen molar-refractivity contribution in [3.05, 3.63) is 76.9 Å². The molecule has 3 saturated heterocycles. The van der Waals surface area contributed by atoms with Gasteiger partial charge in [-0.15, -0.1) is 0 Å². The van der Waals surface area contributed by atoms with Gasteiger partial charge in [-0.2, -0.15) is 0 Å². The minimum absolute atomic E-state index is 0.00109. The third kappa shape index (κ3) is 5.47. The lowest BCUT2D eigenvalue weighted by Crippen LogP contribution is -2.64. The number of benzene rings is 3. The molecular formula is C36H36O14. The van der Waals surface area contributed by atoms with Crippen molar-refractivity contribution in [1.82, 2.24) is 0 Å². The van der Waals surface area contributed by atoms with Gasteiger partial charge in [0.2, 0.25) is 12.5 Å². The normalized spacial score (nSPS) is 32.3. The maximum Gasteiger partial charge on any atom is 0.338 e. The highest BCUT2D eigenvalue weighted by atomic mass is 16.8. The SMILES string of the molecule is COc1cc([C@@H]2c3cc4c(cc3[C@@H](O[C@@H]3O[C@@H]5CO[C@@H](C)O[C@H]5[C@H](O)[C@H]3OC(=O)c3ccccc3)[C@H]3COC(=O)[C@H]23)OCO4)cc(OC)c1O. The number of cyclic esters (lactones) is 1. The number of methoxy groups -OCH3 is 2. The summed E-state index contributed by atoms with van der Waals surface area (Å²) in [5, 5.41) is 22.4. The number of aromatic hydroxyl groups is 1. The van der Waals surface area contributed by atoms with Gasteiger partial charge in [0.25, 0.3) is 0 Å². The molecule has 10 atom stereocenters.